The Labute approximate surface area is 121 Å². The molecule has 3 heteroatoms. The van der Waals surface area contributed by atoms with Crippen LogP contribution in [-0.2, 0) is 11.3 Å². The zero-order valence-corrected chi connectivity index (χ0v) is 12.3. The molecule has 2 fully saturated rings. The van der Waals surface area contributed by atoms with Crippen molar-refractivity contribution in [3.63, 3.8) is 0 Å². The first-order chi connectivity index (χ1) is 9.71. The second-order valence-electron chi connectivity index (χ2n) is 6.35. The zero-order chi connectivity index (χ0) is 14.0. The number of hydrogen-bond donors (Lipinski definition) is 0. The molecule has 0 radical (unpaired) electrons. The van der Waals surface area contributed by atoms with E-state index in [4.69, 9.17) is 0 Å². The number of hydrogen-bond acceptors (Lipinski definition) is 2. The molecular formula is C17H24N2O. The Morgan fingerprint density at radius 2 is 1.85 bits per heavy atom. The van der Waals surface area contributed by atoms with Gasteiger partial charge in [0.25, 0.3) is 0 Å². The molecule has 0 aromatic heterocycles. The number of piperidine rings is 1. The minimum atomic E-state index is 0.261. The Morgan fingerprint density at radius 1 is 1.15 bits per heavy atom. The van der Waals surface area contributed by atoms with Gasteiger partial charge in [-0.3, -0.25) is 4.79 Å². The van der Waals surface area contributed by atoms with Gasteiger partial charge in [-0.25, -0.2) is 0 Å². The third-order valence-corrected chi connectivity index (χ3v) is 4.99. The molecule has 1 aromatic rings. The van der Waals surface area contributed by atoms with Crippen LogP contribution in [0, 0.1) is 5.41 Å². The number of likely N-dealkylation sites (tertiary alicyclic amines) is 2. The fourth-order valence-corrected chi connectivity index (χ4v) is 3.61. The van der Waals surface area contributed by atoms with Crippen LogP contribution in [0.2, 0.25) is 0 Å². The molecule has 3 rings (SSSR count). The van der Waals surface area contributed by atoms with Gasteiger partial charge in [-0.05, 0) is 43.5 Å². The van der Waals surface area contributed by atoms with Gasteiger partial charge in [0, 0.05) is 19.5 Å². The topological polar surface area (TPSA) is 23.6 Å². The SMILES string of the molecule is CCN1CCC2(CC1)CC(=O)N(Cc1ccccc1)C2. The molecule has 2 aliphatic heterocycles. The molecule has 0 unspecified atom stereocenters. The number of nitrogens with zero attached hydrogens (tertiary/aromatic N) is 2. The van der Waals surface area contributed by atoms with Gasteiger partial charge in [0.2, 0.25) is 5.91 Å². The van der Waals surface area contributed by atoms with Crippen molar-refractivity contribution in [3.05, 3.63) is 35.9 Å². The van der Waals surface area contributed by atoms with Crippen LogP contribution < -0.4 is 0 Å². The quantitative estimate of drug-likeness (QED) is 0.844. The van der Waals surface area contributed by atoms with E-state index < -0.39 is 0 Å². The molecule has 0 bridgehead atoms. The maximum atomic E-state index is 12.3. The summed E-state index contributed by atoms with van der Waals surface area (Å²) in [6, 6.07) is 10.3. The van der Waals surface area contributed by atoms with Gasteiger partial charge in [-0.15, -0.1) is 0 Å². The Morgan fingerprint density at radius 3 is 2.50 bits per heavy atom. The highest BCUT2D eigenvalue weighted by atomic mass is 16.2. The van der Waals surface area contributed by atoms with Crippen molar-refractivity contribution in [1.29, 1.82) is 0 Å². The van der Waals surface area contributed by atoms with Crippen molar-refractivity contribution in [2.45, 2.75) is 32.7 Å². The lowest BCUT2D eigenvalue weighted by atomic mass is 9.77. The Bertz CT molecular complexity index is 463. The van der Waals surface area contributed by atoms with E-state index in [1.165, 1.54) is 18.4 Å². The van der Waals surface area contributed by atoms with Gasteiger partial charge < -0.3 is 9.80 Å². The maximum absolute atomic E-state index is 12.3. The van der Waals surface area contributed by atoms with E-state index in [1.807, 2.05) is 18.2 Å². The van der Waals surface area contributed by atoms with Gasteiger partial charge in [0.05, 0.1) is 0 Å². The van der Waals surface area contributed by atoms with Crippen LogP contribution >= 0.6 is 0 Å². The average molecular weight is 272 g/mol. The van der Waals surface area contributed by atoms with Gasteiger partial charge >= 0.3 is 0 Å². The smallest absolute Gasteiger partial charge is 0.223 e. The first kappa shape index (κ1) is 13.6. The molecule has 2 saturated heterocycles. The largest absolute Gasteiger partial charge is 0.338 e. The number of rotatable bonds is 3. The van der Waals surface area contributed by atoms with Gasteiger partial charge in [0.15, 0.2) is 0 Å². The third-order valence-electron chi connectivity index (χ3n) is 4.99. The molecule has 0 aliphatic carbocycles. The highest BCUT2D eigenvalue weighted by molar-refractivity contribution is 5.79. The molecule has 0 N–H and O–H groups in total. The van der Waals surface area contributed by atoms with Gasteiger partial charge in [-0.1, -0.05) is 37.3 Å². The van der Waals surface area contributed by atoms with Crippen LogP contribution in [0.3, 0.4) is 0 Å². The molecule has 1 aromatic carbocycles. The lowest BCUT2D eigenvalue weighted by Gasteiger charge is -2.38. The van der Waals surface area contributed by atoms with Crippen LogP contribution in [-0.4, -0.2) is 41.9 Å². The summed E-state index contributed by atoms with van der Waals surface area (Å²) in [5, 5.41) is 0. The second kappa shape index (κ2) is 5.57. The van der Waals surface area contributed by atoms with Crippen molar-refractivity contribution in [1.82, 2.24) is 9.80 Å². The zero-order valence-electron chi connectivity index (χ0n) is 12.3. The minimum Gasteiger partial charge on any atom is -0.338 e. The fraction of sp³-hybridized carbons (Fsp3) is 0.588. The number of carbonyl (C=O) groups excluding carboxylic acids is 1. The molecule has 0 atom stereocenters. The summed E-state index contributed by atoms with van der Waals surface area (Å²) in [6.45, 7) is 7.40. The summed E-state index contributed by atoms with van der Waals surface area (Å²) < 4.78 is 0. The van der Waals surface area contributed by atoms with E-state index in [0.717, 1.165) is 39.1 Å². The molecule has 108 valence electrons. The lowest BCUT2D eigenvalue weighted by Crippen LogP contribution is -2.41. The number of amides is 1. The van der Waals surface area contributed by atoms with E-state index in [2.05, 4.69) is 28.9 Å². The normalized spacial score (nSPS) is 22.6. The van der Waals surface area contributed by atoms with Crippen LogP contribution in [0.15, 0.2) is 30.3 Å². The van der Waals surface area contributed by atoms with E-state index in [1.54, 1.807) is 0 Å². The second-order valence-corrected chi connectivity index (χ2v) is 6.35. The van der Waals surface area contributed by atoms with Crippen molar-refractivity contribution < 1.29 is 4.79 Å². The minimum absolute atomic E-state index is 0.261. The molecule has 2 heterocycles. The van der Waals surface area contributed by atoms with E-state index in [0.29, 0.717) is 5.91 Å². The Hall–Kier alpha value is -1.35. The van der Waals surface area contributed by atoms with Gasteiger partial charge in [-0.2, -0.15) is 0 Å². The number of carbonyl (C=O) groups is 1. The Balaban J connectivity index is 1.64. The van der Waals surface area contributed by atoms with Crippen LogP contribution in [0.1, 0.15) is 31.7 Å². The summed E-state index contributed by atoms with van der Waals surface area (Å²) in [5.74, 6) is 0.346. The first-order valence-electron chi connectivity index (χ1n) is 7.75. The summed E-state index contributed by atoms with van der Waals surface area (Å²) >= 11 is 0. The van der Waals surface area contributed by atoms with Crippen molar-refractivity contribution in [2.24, 2.45) is 5.41 Å². The highest BCUT2D eigenvalue weighted by Gasteiger charge is 2.44. The Kier molecular flexibility index (Phi) is 3.79. The van der Waals surface area contributed by atoms with E-state index in [-0.39, 0.29) is 5.41 Å². The fourth-order valence-electron chi connectivity index (χ4n) is 3.61. The molecule has 0 saturated carbocycles. The lowest BCUT2D eigenvalue weighted by molar-refractivity contribution is -0.128. The van der Waals surface area contributed by atoms with Crippen molar-refractivity contribution >= 4 is 5.91 Å². The average Bonchev–Trinajstić information content (AvgIpc) is 2.77. The van der Waals surface area contributed by atoms with Crippen LogP contribution in [0.5, 0.6) is 0 Å². The van der Waals surface area contributed by atoms with Crippen molar-refractivity contribution in [2.75, 3.05) is 26.2 Å². The van der Waals surface area contributed by atoms with E-state index >= 15 is 0 Å². The number of benzene rings is 1. The molecule has 1 amide bonds. The predicted octanol–water partition coefficient (Wildman–Crippen LogP) is 2.52. The highest BCUT2D eigenvalue weighted by Crippen LogP contribution is 2.41. The standard InChI is InChI=1S/C17H24N2O/c1-2-18-10-8-17(9-11-18)12-16(20)19(14-17)13-15-6-4-3-5-7-15/h3-7H,2,8-14H2,1H3. The first-order valence-corrected chi connectivity index (χ1v) is 7.75. The summed E-state index contributed by atoms with van der Waals surface area (Å²) in [4.78, 5) is 16.9. The van der Waals surface area contributed by atoms with Gasteiger partial charge in [0.1, 0.15) is 0 Å². The monoisotopic (exact) mass is 272 g/mol. The molecular weight excluding hydrogens is 248 g/mol. The third kappa shape index (κ3) is 2.73. The molecule has 2 aliphatic rings. The summed E-state index contributed by atoms with van der Waals surface area (Å²) in [5.41, 5.74) is 1.50. The van der Waals surface area contributed by atoms with Crippen molar-refractivity contribution in [3.8, 4) is 0 Å². The summed E-state index contributed by atoms with van der Waals surface area (Å²) in [7, 11) is 0. The van der Waals surface area contributed by atoms with Crippen LogP contribution in [0.25, 0.3) is 0 Å². The van der Waals surface area contributed by atoms with E-state index in [9.17, 15) is 4.79 Å². The predicted molar refractivity (Wildman–Crippen MR) is 80.3 cm³/mol. The molecule has 3 nitrogen and oxygen atoms in total. The van der Waals surface area contributed by atoms with Crippen LogP contribution in [0.4, 0.5) is 0 Å². The molecule has 1 spiro atoms. The molecule has 20 heavy (non-hydrogen) atoms. The maximum Gasteiger partial charge on any atom is 0.223 e. The summed E-state index contributed by atoms with van der Waals surface area (Å²) in [6.07, 6.45) is 3.12.